The number of benzene rings is 2. The van der Waals surface area contributed by atoms with Gasteiger partial charge in [0.2, 0.25) is 0 Å². The summed E-state index contributed by atoms with van der Waals surface area (Å²) in [4.78, 5) is 11.1. The fourth-order valence-electron chi connectivity index (χ4n) is 1.95. The smallest absolute Gasteiger partial charge is 0.337 e. The fraction of sp³-hybridized carbons (Fsp3) is 0.188. The molecule has 104 valence electrons. The first-order valence-electron chi connectivity index (χ1n) is 6.38. The molecule has 0 heterocycles. The van der Waals surface area contributed by atoms with Crippen LogP contribution in [0.15, 0.2) is 42.5 Å². The van der Waals surface area contributed by atoms with Crippen molar-refractivity contribution in [3.8, 4) is 0 Å². The molecule has 0 aliphatic carbocycles. The number of anilines is 2. The highest BCUT2D eigenvalue weighted by Gasteiger charge is 2.14. The van der Waals surface area contributed by atoms with Gasteiger partial charge in [-0.1, -0.05) is 32.0 Å². The van der Waals surface area contributed by atoms with Gasteiger partial charge in [0.15, 0.2) is 0 Å². The van der Waals surface area contributed by atoms with Crippen molar-refractivity contribution in [3.05, 3.63) is 59.4 Å². The third-order valence-corrected chi connectivity index (χ3v) is 3.07. The topological polar surface area (TPSA) is 49.3 Å². The van der Waals surface area contributed by atoms with Gasteiger partial charge in [0.1, 0.15) is 5.82 Å². The summed E-state index contributed by atoms with van der Waals surface area (Å²) in [5, 5.41) is 12.0. The summed E-state index contributed by atoms with van der Waals surface area (Å²) in [5.74, 6) is -1.40. The maximum Gasteiger partial charge on any atom is 0.337 e. The third-order valence-electron chi connectivity index (χ3n) is 3.07. The van der Waals surface area contributed by atoms with Crippen LogP contribution in [0.1, 0.15) is 35.7 Å². The molecule has 4 heteroatoms. The SMILES string of the molecule is CC(C)c1cccc(Nc2c(F)cccc2C(=O)O)c1. The zero-order valence-electron chi connectivity index (χ0n) is 11.4. The first kappa shape index (κ1) is 14.1. The van der Waals surface area contributed by atoms with Crippen molar-refractivity contribution >= 4 is 17.3 Å². The van der Waals surface area contributed by atoms with Crippen LogP contribution in [0.3, 0.4) is 0 Å². The van der Waals surface area contributed by atoms with E-state index in [2.05, 4.69) is 19.2 Å². The van der Waals surface area contributed by atoms with Crippen LogP contribution < -0.4 is 5.32 Å². The predicted molar refractivity (Wildman–Crippen MR) is 77.2 cm³/mol. The molecular formula is C16H16FNO2. The first-order valence-corrected chi connectivity index (χ1v) is 6.38. The molecule has 0 atom stereocenters. The van der Waals surface area contributed by atoms with E-state index in [0.29, 0.717) is 11.6 Å². The minimum Gasteiger partial charge on any atom is -0.478 e. The van der Waals surface area contributed by atoms with E-state index >= 15 is 0 Å². The van der Waals surface area contributed by atoms with Gasteiger partial charge in [0, 0.05) is 5.69 Å². The molecule has 0 aliphatic heterocycles. The van der Waals surface area contributed by atoms with Gasteiger partial charge >= 0.3 is 5.97 Å². The van der Waals surface area contributed by atoms with Gasteiger partial charge < -0.3 is 10.4 Å². The third kappa shape index (κ3) is 2.96. The molecule has 2 aromatic carbocycles. The Kier molecular flexibility index (Phi) is 4.03. The van der Waals surface area contributed by atoms with E-state index < -0.39 is 11.8 Å². The Morgan fingerprint density at radius 1 is 1.20 bits per heavy atom. The molecule has 0 radical (unpaired) electrons. The van der Waals surface area contributed by atoms with Gasteiger partial charge in [-0.25, -0.2) is 9.18 Å². The Morgan fingerprint density at radius 2 is 1.90 bits per heavy atom. The van der Waals surface area contributed by atoms with E-state index in [1.54, 1.807) is 6.07 Å². The number of hydrogen-bond donors (Lipinski definition) is 2. The molecular weight excluding hydrogens is 257 g/mol. The number of hydrogen-bond acceptors (Lipinski definition) is 2. The molecule has 2 N–H and O–H groups in total. The van der Waals surface area contributed by atoms with E-state index in [1.807, 2.05) is 18.2 Å². The Morgan fingerprint density at radius 3 is 2.55 bits per heavy atom. The zero-order valence-corrected chi connectivity index (χ0v) is 11.4. The standard InChI is InChI=1S/C16H16FNO2/c1-10(2)11-5-3-6-12(9-11)18-15-13(16(19)20)7-4-8-14(15)17/h3-10,18H,1-2H3,(H,19,20). The minimum atomic E-state index is -1.16. The quantitative estimate of drug-likeness (QED) is 0.868. The summed E-state index contributed by atoms with van der Waals surface area (Å²) in [6.45, 7) is 4.12. The van der Waals surface area contributed by atoms with Gasteiger partial charge in [0.25, 0.3) is 0 Å². The molecule has 0 spiro atoms. The molecule has 0 unspecified atom stereocenters. The van der Waals surface area contributed by atoms with Gasteiger partial charge in [0.05, 0.1) is 11.3 Å². The van der Waals surface area contributed by atoms with Crippen molar-refractivity contribution in [2.75, 3.05) is 5.32 Å². The van der Waals surface area contributed by atoms with Crippen LogP contribution >= 0.6 is 0 Å². The molecule has 0 aliphatic rings. The second kappa shape index (κ2) is 5.74. The van der Waals surface area contributed by atoms with Crippen molar-refractivity contribution in [2.24, 2.45) is 0 Å². The van der Waals surface area contributed by atoms with E-state index in [-0.39, 0.29) is 11.3 Å². The highest BCUT2D eigenvalue weighted by Crippen LogP contribution is 2.26. The summed E-state index contributed by atoms with van der Waals surface area (Å²) < 4.78 is 13.8. The Hall–Kier alpha value is -2.36. The molecule has 0 saturated carbocycles. The summed E-state index contributed by atoms with van der Waals surface area (Å²) in [7, 11) is 0. The minimum absolute atomic E-state index is 0.0130. The average Bonchev–Trinajstić information content (AvgIpc) is 2.41. The molecule has 2 aromatic rings. The Labute approximate surface area is 117 Å². The average molecular weight is 273 g/mol. The Bertz CT molecular complexity index is 638. The normalized spacial score (nSPS) is 10.6. The number of para-hydroxylation sites is 1. The lowest BCUT2D eigenvalue weighted by Crippen LogP contribution is -2.05. The van der Waals surface area contributed by atoms with Crippen LogP contribution in [-0.2, 0) is 0 Å². The van der Waals surface area contributed by atoms with Crippen molar-refractivity contribution in [1.82, 2.24) is 0 Å². The number of rotatable bonds is 4. The second-order valence-corrected chi connectivity index (χ2v) is 4.87. The van der Waals surface area contributed by atoms with Gasteiger partial charge in [-0.15, -0.1) is 0 Å². The number of halogens is 1. The molecule has 0 saturated heterocycles. The maximum absolute atomic E-state index is 13.8. The van der Waals surface area contributed by atoms with Crippen molar-refractivity contribution in [3.63, 3.8) is 0 Å². The number of carboxylic acids is 1. The van der Waals surface area contributed by atoms with E-state index in [0.717, 1.165) is 5.56 Å². The lowest BCUT2D eigenvalue weighted by atomic mass is 10.0. The van der Waals surface area contributed by atoms with Crippen LogP contribution in [-0.4, -0.2) is 11.1 Å². The Balaban J connectivity index is 2.40. The van der Waals surface area contributed by atoms with Crippen LogP contribution in [0, 0.1) is 5.82 Å². The largest absolute Gasteiger partial charge is 0.478 e. The van der Waals surface area contributed by atoms with Crippen LogP contribution in [0.4, 0.5) is 15.8 Å². The van der Waals surface area contributed by atoms with Gasteiger partial charge in [-0.05, 0) is 35.7 Å². The summed E-state index contributed by atoms with van der Waals surface area (Å²) in [6.07, 6.45) is 0. The van der Waals surface area contributed by atoms with Crippen LogP contribution in [0.2, 0.25) is 0 Å². The monoisotopic (exact) mass is 273 g/mol. The number of aromatic carboxylic acids is 1. The summed E-state index contributed by atoms with van der Waals surface area (Å²) >= 11 is 0. The molecule has 0 fully saturated rings. The molecule has 0 amide bonds. The van der Waals surface area contributed by atoms with Crippen LogP contribution in [0.25, 0.3) is 0 Å². The zero-order chi connectivity index (χ0) is 14.7. The number of nitrogens with one attached hydrogen (secondary N) is 1. The highest BCUT2D eigenvalue weighted by molar-refractivity contribution is 5.95. The number of carbonyl (C=O) groups is 1. The fourth-order valence-corrected chi connectivity index (χ4v) is 1.95. The van der Waals surface area contributed by atoms with Gasteiger partial charge in [-0.3, -0.25) is 0 Å². The van der Waals surface area contributed by atoms with E-state index in [4.69, 9.17) is 5.11 Å². The lowest BCUT2D eigenvalue weighted by molar-refractivity contribution is 0.0697. The van der Waals surface area contributed by atoms with E-state index in [9.17, 15) is 9.18 Å². The second-order valence-electron chi connectivity index (χ2n) is 4.87. The van der Waals surface area contributed by atoms with Gasteiger partial charge in [-0.2, -0.15) is 0 Å². The first-order chi connectivity index (χ1) is 9.49. The molecule has 0 aromatic heterocycles. The van der Waals surface area contributed by atoms with Crippen LogP contribution in [0.5, 0.6) is 0 Å². The number of carboxylic acid groups (broad SMARTS) is 1. The maximum atomic E-state index is 13.8. The summed E-state index contributed by atoms with van der Waals surface area (Å²) in [5.41, 5.74) is 1.67. The van der Waals surface area contributed by atoms with E-state index in [1.165, 1.54) is 18.2 Å². The van der Waals surface area contributed by atoms with Crippen molar-refractivity contribution in [2.45, 2.75) is 19.8 Å². The predicted octanol–water partition coefficient (Wildman–Crippen LogP) is 4.39. The van der Waals surface area contributed by atoms with Crippen molar-refractivity contribution in [1.29, 1.82) is 0 Å². The lowest BCUT2D eigenvalue weighted by Gasteiger charge is -2.13. The summed E-state index contributed by atoms with van der Waals surface area (Å²) in [6, 6.07) is 11.5. The molecule has 2 rings (SSSR count). The van der Waals surface area contributed by atoms with Crippen molar-refractivity contribution < 1.29 is 14.3 Å². The molecule has 0 bridgehead atoms. The molecule has 20 heavy (non-hydrogen) atoms. The molecule has 3 nitrogen and oxygen atoms in total. The highest BCUT2D eigenvalue weighted by atomic mass is 19.1.